The Morgan fingerprint density at radius 2 is 2.33 bits per heavy atom. The Balaban J connectivity index is 1.73. The first-order valence-corrected chi connectivity index (χ1v) is 9.39. The third-order valence-electron chi connectivity index (χ3n) is 3.96. The summed E-state index contributed by atoms with van der Waals surface area (Å²) >= 11 is 1.29. The molecule has 0 bridgehead atoms. The quantitative estimate of drug-likeness (QED) is 0.865. The van der Waals surface area contributed by atoms with E-state index in [1.165, 1.54) is 11.3 Å². The van der Waals surface area contributed by atoms with E-state index in [2.05, 4.69) is 4.98 Å². The average Bonchev–Trinajstić information content (AvgIpc) is 3.12. The second kappa shape index (κ2) is 5.90. The van der Waals surface area contributed by atoms with E-state index in [1.54, 1.807) is 22.6 Å². The summed E-state index contributed by atoms with van der Waals surface area (Å²) in [5.41, 5.74) is 0. The molecule has 0 aromatic carbocycles. The number of aryl methyl sites for hydroxylation is 1. The molecule has 0 N–H and O–H groups in total. The van der Waals surface area contributed by atoms with Crippen LogP contribution >= 0.6 is 11.3 Å². The second-order valence-electron chi connectivity index (χ2n) is 5.46. The molecular formula is C14H19N3O2S2. The van der Waals surface area contributed by atoms with Crippen LogP contribution in [0.4, 0.5) is 0 Å². The number of hydrogen-bond acceptors (Lipinski definition) is 4. The highest BCUT2D eigenvalue weighted by Crippen LogP contribution is 2.27. The fourth-order valence-electron chi connectivity index (χ4n) is 2.80. The summed E-state index contributed by atoms with van der Waals surface area (Å²) in [6.07, 6.45) is 6.53. The number of imidazole rings is 1. The average molecular weight is 325 g/mol. The van der Waals surface area contributed by atoms with Crippen LogP contribution in [0, 0.1) is 5.92 Å². The first kappa shape index (κ1) is 14.7. The van der Waals surface area contributed by atoms with Crippen molar-refractivity contribution in [3.05, 3.63) is 35.7 Å². The highest BCUT2D eigenvalue weighted by molar-refractivity contribution is 7.91. The van der Waals surface area contributed by atoms with E-state index >= 15 is 0 Å². The number of rotatable bonds is 4. The van der Waals surface area contributed by atoms with Gasteiger partial charge in [-0.1, -0.05) is 6.07 Å². The highest BCUT2D eigenvalue weighted by Gasteiger charge is 2.31. The van der Waals surface area contributed by atoms with Crippen LogP contribution in [0.3, 0.4) is 0 Å². The molecule has 2 aromatic rings. The van der Waals surface area contributed by atoms with E-state index in [0.29, 0.717) is 23.2 Å². The number of nitrogens with zero attached hydrogens (tertiary/aromatic N) is 3. The largest absolute Gasteiger partial charge is 0.338 e. The minimum atomic E-state index is -3.32. The summed E-state index contributed by atoms with van der Waals surface area (Å²) in [6, 6.07) is 3.47. The van der Waals surface area contributed by atoms with Crippen LogP contribution in [0.15, 0.2) is 34.1 Å². The number of aromatic nitrogens is 2. The van der Waals surface area contributed by atoms with Crippen molar-refractivity contribution in [2.75, 3.05) is 13.1 Å². The molecule has 0 amide bonds. The standard InChI is InChI=1S/C14H19N3O2S2/c1-16-8-6-15-13(16)10-12-4-2-7-17(11-12)21(18,19)14-5-3-9-20-14/h3,5-6,8-9,12H,2,4,7,10-11H2,1H3/t12-/m1/s1. The normalized spacial score (nSPS) is 20.7. The van der Waals surface area contributed by atoms with Crippen molar-refractivity contribution in [3.8, 4) is 0 Å². The second-order valence-corrected chi connectivity index (χ2v) is 8.57. The zero-order valence-electron chi connectivity index (χ0n) is 12.0. The Morgan fingerprint density at radius 1 is 1.48 bits per heavy atom. The van der Waals surface area contributed by atoms with Gasteiger partial charge in [-0.3, -0.25) is 0 Å². The van der Waals surface area contributed by atoms with Crippen molar-refractivity contribution in [1.29, 1.82) is 0 Å². The van der Waals surface area contributed by atoms with Gasteiger partial charge in [0, 0.05) is 39.0 Å². The lowest BCUT2D eigenvalue weighted by Gasteiger charge is -2.31. The molecule has 0 spiro atoms. The predicted molar refractivity (Wildman–Crippen MR) is 82.7 cm³/mol. The molecule has 0 unspecified atom stereocenters. The number of sulfonamides is 1. The first-order valence-electron chi connectivity index (χ1n) is 7.07. The molecule has 1 aliphatic rings. The number of hydrogen-bond donors (Lipinski definition) is 0. The molecule has 21 heavy (non-hydrogen) atoms. The molecule has 5 nitrogen and oxygen atoms in total. The van der Waals surface area contributed by atoms with Gasteiger partial charge in [0.1, 0.15) is 10.0 Å². The van der Waals surface area contributed by atoms with Gasteiger partial charge in [-0.05, 0) is 30.2 Å². The summed E-state index contributed by atoms with van der Waals surface area (Å²) < 4.78 is 29.2. The van der Waals surface area contributed by atoms with Gasteiger partial charge in [0.25, 0.3) is 10.0 Å². The Morgan fingerprint density at radius 3 is 3.00 bits per heavy atom. The van der Waals surface area contributed by atoms with Crippen molar-refractivity contribution in [2.24, 2.45) is 13.0 Å². The molecule has 3 heterocycles. The van der Waals surface area contributed by atoms with Crippen LogP contribution < -0.4 is 0 Å². The minimum Gasteiger partial charge on any atom is -0.338 e. The van der Waals surface area contributed by atoms with Crippen molar-refractivity contribution < 1.29 is 8.42 Å². The topological polar surface area (TPSA) is 55.2 Å². The lowest BCUT2D eigenvalue weighted by atomic mass is 9.96. The molecule has 114 valence electrons. The molecule has 1 saturated heterocycles. The third-order valence-corrected chi connectivity index (χ3v) is 7.20. The fraction of sp³-hybridized carbons (Fsp3) is 0.500. The maximum atomic E-state index is 12.6. The van der Waals surface area contributed by atoms with Gasteiger partial charge in [0.2, 0.25) is 0 Å². The van der Waals surface area contributed by atoms with Crippen molar-refractivity contribution in [1.82, 2.24) is 13.9 Å². The minimum absolute atomic E-state index is 0.342. The van der Waals surface area contributed by atoms with E-state index in [9.17, 15) is 8.42 Å². The van der Waals surface area contributed by atoms with Gasteiger partial charge in [0.15, 0.2) is 0 Å². The lowest BCUT2D eigenvalue weighted by Crippen LogP contribution is -2.40. The van der Waals surface area contributed by atoms with E-state index < -0.39 is 10.0 Å². The molecule has 0 radical (unpaired) electrons. The zero-order chi connectivity index (χ0) is 14.9. The van der Waals surface area contributed by atoms with Crippen LogP contribution in [-0.2, 0) is 23.5 Å². The summed E-state index contributed by atoms with van der Waals surface area (Å²) in [5.74, 6) is 1.37. The van der Waals surface area contributed by atoms with Gasteiger partial charge < -0.3 is 4.57 Å². The molecule has 2 aromatic heterocycles. The maximum Gasteiger partial charge on any atom is 0.252 e. The van der Waals surface area contributed by atoms with E-state index in [-0.39, 0.29) is 0 Å². The molecule has 7 heteroatoms. The van der Waals surface area contributed by atoms with Gasteiger partial charge in [0.05, 0.1) is 0 Å². The molecule has 1 aliphatic heterocycles. The number of piperidine rings is 1. The molecule has 3 rings (SSSR count). The molecular weight excluding hydrogens is 306 g/mol. The summed E-state index contributed by atoms with van der Waals surface area (Å²) in [6.45, 7) is 1.21. The zero-order valence-corrected chi connectivity index (χ0v) is 13.6. The molecule has 0 aliphatic carbocycles. The van der Waals surface area contributed by atoms with Crippen LogP contribution in [0.1, 0.15) is 18.7 Å². The SMILES string of the molecule is Cn1ccnc1C[C@H]1CCCN(S(=O)(=O)c2cccs2)C1. The van der Waals surface area contributed by atoms with Crippen molar-refractivity contribution in [2.45, 2.75) is 23.5 Å². The van der Waals surface area contributed by atoms with Gasteiger partial charge in [-0.15, -0.1) is 11.3 Å². The van der Waals surface area contributed by atoms with Gasteiger partial charge >= 0.3 is 0 Å². The monoisotopic (exact) mass is 325 g/mol. The Hall–Kier alpha value is -1.18. The van der Waals surface area contributed by atoms with Crippen LogP contribution in [0.5, 0.6) is 0 Å². The van der Waals surface area contributed by atoms with E-state index in [0.717, 1.165) is 25.1 Å². The fourth-order valence-corrected chi connectivity index (χ4v) is 5.50. The van der Waals surface area contributed by atoms with Crippen LogP contribution in [-0.4, -0.2) is 35.4 Å². The Kier molecular flexibility index (Phi) is 4.14. The summed E-state index contributed by atoms with van der Waals surface area (Å²) in [4.78, 5) is 4.34. The molecule has 1 fully saturated rings. The Bertz CT molecular complexity index is 692. The van der Waals surface area contributed by atoms with Crippen molar-refractivity contribution in [3.63, 3.8) is 0 Å². The molecule has 0 saturated carbocycles. The smallest absolute Gasteiger partial charge is 0.252 e. The first-order chi connectivity index (χ1) is 10.1. The van der Waals surface area contributed by atoms with Crippen molar-refractivity contribution >= 4 is 21.4 Å². The summed E-state index contributed by atoms with van der Waals surface area (Å²) in [5, 5.41) is 1.81. The van der Waals surface area contributed by atoms with E-state index in [4.69, 9.17) is 0 Å². The third kappa shape index (κ3) is 3.04. The molecule has 1 atom stereocenters. The summed E-state index contributed by atoms with van der Waals surface area (Å²) in [7, 11) is -1.34. The predicted octanol–water partition coefficient (Wildman–Crippen LogP) is 2.12. The maximum absolute atomic E-state index is 12.6. The van der Waals surface area contributed by atoms with Crippen LogP contribution in [0.2, 0.25) is 0 Å². The van der Waals surface area contributed by atoms with Crippen LogP contribution in [0.25, 0.3) is 0 Å². The van der Waals surface area contributed by atoms with Gasteiger partial charge in [-0.25, -0.2) is 13.4 Å². The van der Waals surface area contributed by atoms with E-state index in [1.807, 2.05) is 23.2 Å². The number of thiophene rings is 1. The van der Waals surface area contributed by atoms with Gasteiger partial charge in [-0.2, -0.15) is 4.31 Å². The highest BCUT2D eigenvalue weighted by atomic mass is 32.2. The lowest BCUT2D eigenvalue weighted by molar-refractivity contribution is 0.262. The Labute approximate surface area is 129 Å².